The van der Waals surface area contributed by atoms with E-state index in [1.807, 2.05) is 11.8 Å². The second kappa shape index (κ2) is 6.73. The number of allylic oxidation sites excluding steroid dienone is 4. The van der Waals surface area contributed by atoms with Crippen molar-refractivity contribution in [3.05, 3.63) is 60.2 Å². The zero-order valence-electron chi connectivity index (χ0n) is 12.4. The van der Waals surface area contributed by atoms with E-state index < -0.39 is 0 Å². The Morgan fingerprint density at radius 1 is 1.15 bits per heavy atom. The van der Waals surface area contributed by atoms with Crippen LogP contribution in [0.4, 0.5) is 0 Å². The van der Waals surface area contributed by atoms with Gasteiger partial charge in [-0.3, -0.25) is 0 Å². The summed E-state index contributed by atoms with van der Waals surface area (Å²) in [6, 6.07) is 10.6. The molecule has 2 heteroatoms. The standard InChI is InChI=1S/C18H22S2/c1-14-9-7-8-10-15(14)13-17(19)20-18(2,3)16-11-5-4-6-12-16/h4-12,14-15H,13H2,1-3H3. The fraction of sp³-hybridized carbons (Fsp3) is 0.389. The molecule has 2 rings (SSSR count). The summed E-state index contributed by atoms with van der Waals surface area (Å²) < 4.78 is 1.14. The predicted molar refractivity (Wildman–Crippen MR) is 95.2 cm³/mol. The van der Waals surface area contributed by atoms with Gasteiger partial charge in [0.25, 0.3) is 0 Å². The van der Waals surface area contributed by atoms with Crippen molar-refractivity contribution in [2.75, 3.05) is 0 Å². The number of rotatable bonds is 4. The fourth-order valence-electron chi connectivity index (χ4n) is 2.44. The van der Waals surface area contributed by atoms with Crippen molar-refractivity contribution in [1.82, 2.24) is 0 Å². The monoisotopic (exact) mass is 302 g/mol. The Bertz CT molecular complexity index is 511. The smallest absolute Gasteiger partial charge is 0.0493 e. The van der Waals surface area contributed by atoms with Gasteiger partial charge in [0.2, 0.25) is 0 Å². The molecule has 0 N–H and O–H groups in total. The van der Waals surface area contributed by atoms with Crippen LogP contribution in [-0.2, 0) is 4.75 Å². The molecule has 0 radical (unpaired) electrons. The van der Waals surface area contributed by atoms with Crippen LogP contribution < -0.4 is 0 Å². The highest BCUT2D eigenvalue weighted by molar-refractivity contribution is 8.23. The third-order valence-corrected chi connectivity index (χ3v) is 5.36. The maximum absolute atomic E-state index is 5.64. The Hall–Kier alpha value is -0.860. The van der Waals surface area contributed by atoms with Crippen LogP contribution in [0.15, 0.2) is 54.6 Å². The van der Waals surface area contributed by atoms with Crippen LogP contribution in [0, 0.1) is 11.8 Å². The molecule has 106 valence electrons. The van der Waals surface area contributed by atoms with Gasteiger partial charge in [-0.05, 0) is 37.7 Å². The first kappa shape index (κ1) is 15.5. The average molecular weight is 303 g/mol. The van der Waals surface area contributed by atoms with Crippen molar-refractivity contribution < 1.29 is 0 Å². The van der Waals surface area contributed by atoms with E-state index in [9.17, 15) is 0 Å². The van der Waals surface area contributed by atoms with Gasteiger partial charge in [-0.2, -0.15) is 0 Å². The van der Waals surface area contributed by atoms with Gasteiger partial charge < -0.3 is 0 Å². The minimum absolute atomic E-state index is 0.0375. The molecular formula is C18H22S2. The van der Waals surface area contributed by atoms with Gasteiger partial charge in [-0.15, -0.1) is 11.8 Å². The van der Waals surface area contributed by atoms with Crippen LogP contribution >= 0.6 is 24.0 Å². The van der Waals surface area contributed by atoms with E-state index in [-0.39, 0.29) is 4.75 Å². The van der Waals surface area contributed by atoms with E-state index in [4.69, 9.17) is 12.2 Å². The van der Waals surface area contributed by atoms with E-state index >= 15 is 0 Å². The first-order chi connectivity index (χ1) is 9.49. The number of thioether (sulfide) groups is 1. The summed E-state index contributed by atoms with van der Waals surface area (Å²) >= 11 is 7.47. The van der Waals surface area contributed by atoms with Crippen molar-refractivity contribution in [3.8, 4) is 0 Å². The number of hydrogen-bond donors (Lipinski definition) is 0. The molecule has 0 bridgehead atoms. The van der Waals surface area contributed by atoms with E-state index in [0.717, 1.165) is 10.6 Å². The van der Waals surface area contributed by atoms with Gasteiger partial charge in [0.1, 0.15) is 0 Å². The molecule has 0 saturated heterocycles. The summed E-state index contributed by atoms with van der Waals surface area (Å²) in [5.74, 6) is 1.13. The summed E-state index contributed by atoms with van der Waals surface area (Å²) in [7, 11) is 0. The molecule has 0 heterocycles. The van der Waals surface area contributed by atoms with Gasteiger partial charge in [0.15, 0.2) is 0 Å². The molecule has 0 saturated carbocycles. The van der Waals surface area contributed by atoms with E-state index in [1.54, 1.807) is 0 Å². The van der Waals surface area contributed by atoms with Crippen molar-refractivity contribution >= 4 is 28.2 Å². The molecule has 0 nitrogen and oxygen atoms in total. The summed E-state index contributed by atoms with van der Waals surface area (Å²) in [6.07, 6.45) is 9.80. The highest BCUT2D eigenvalue weighted by atomic mass is 32.2. The molecule has 20 heavy (non-hydrogen) atoms. The van der Waals surface area contributed by atoms with Gasteiger partial charge in [-0.25, -0.2) is 0 Å². The fourth-order valence-corrected chi connectivity index (χ4v) is 4.35. The van der Waals surface area contributed by atoms with Crippen LogP contribution in [-0.4, -0.2) is 4.20 Å². The first-order valence-corrected chi connectivity index (χ1v) is 8.34. The molecule has 1 aromatic carbocycles. The predicted octanol–water partition coefficient (Wildman–Crippen LogP) is 5.75. The second-order valence-corrected chi connectivity index (χ2v) is 8.32. The highest BCUT2D eigenvalue weighted by Gasteiger charge is 2.25. The lowest BCUT2D eigenvalue weighted by molar-refractivity contribution is 0.528. The van der Waals surface area contributed by atoms with Gasteiger partial charge >= 0.3 is 0 Å². The van der Waals surface area contributed by atoms with Crippen LogP contribution in [0.3, 0.4) is 0 Å². The maximum atomic E-state index is 5.64. The molecular weight excluding hydrogens is 280 g/mol. The molecule has 2 atom stereocenters. The van der Waals surface area contributed by atoms with E-state index in [2.05, 4.69) is 75.4 Å². The topological polar surface area (TPSA) is 0 Å². The summed E-state index contributed by atoms with van der Waals surface area (Å²) in [5.41, 5.74) is 1.33. The van der Waals surface area contributed by atoms with Crippen molar-refractivity contribution in [2.45, 2.75) is 31.9 Å². The van der Waals surface area contributed by atoms with Crippen LogP contribution in [0.2, 0.25) is 0 Å². The Morgan fingerprint density at radius 3 is 2.45 bits per heavy atom. The Morgan fingerprint density at radius 2 is 1.80 bits per heavy atom. The quantitative estimate of drug-likeness (QED) is 0.649. The van der Waals surface area contributed by atoms with Crippen molar-refractivity contribution in [2.24, 2.45) is 11.8 Å². The van der Waals surface area contributed by atoms with Crippen LogP contribution in [0.5, 0.6) is 0 Å². The molecule has 2 unspecified atom stereocenters. The number of hydrogen-bond acceptors (Lipinski definition) is 2. The number of benzene rings is 1. The molecule has 0 spiro atoms. The maximum Gasteiger partial charge on any atom is 0.0493 e. The van der Waals surface area contributed by atoms with Crippen molar-refractivity contribution in [1.29, 1.82) is 0 Å². The van der Waals surface area contributed by atoms with Crippen molar-refractivity contribution in [3.63, 3.8) is 0 Å². The van der Waals surface area contributed by atoms with Gasteiger partial charge in [0.05, 0.1) is 0 Å². The number of thiocarbonyl (C=S) groups is 1. The SMILES string of the molecule is CC1C=CC=CC1CC(=S)SC(C)(C)c1ccccc1. The normalized spacial score (nSPS) is 21.9. The molecule has 1 aromatic rings. The van der Waals surface area contributed by atoms with Gasteiger partial charge in [-0.1, -0.05) is 73.8 Å². The minimum atomic E-state index is 0.0375. The molecule has 1 aliphatic rings. The third kappa shape index (κ3) is 4.07. The lowest BCUT2D eigenvalue weighted by atomic mass is 9.88. The first-order valence-electron chi connectivity index (χ1n) is 7.11. The second-order valence-electron chi connectivity index (χ2n) is 5.85. The summed E-state index contributed by atoms with van der Waals surface area (Å²) in [4.78, 5) is 0. The summed E-state index contributed by atoms with van der Waals surface area (Å²) in [5, 5.41) is 0. The zero-order valence-corrected chi connectivity index (χ0v) is 14.0. The van der Waals surface area contributed by atoms with Gasteiger partial charge in [0, 0.05) is 8.94 Å². The Balaban J connectivity index is 1.97. The molecule has 0 aromatic heterocycles. The molecule has 0 fully saturated rings. The van der Waals surface area contributed by atoms with E-state index in [1.165, 1.54) is 5.56 Å². The lowest BCUT2D eigenvalue weighted by Crippen LogP contribution is -2.18. The lowest BCUT2D eigenvalue weighted by Gasteiger charge is -2.27. The molecule has 0 amide bonds. The zero-order chi connectivity index (χ0) is 14.6. The van der Waals surface area contributed by atoms with Crippen LogP contribution in [0.1, 0.15) is 32.8 Å². The summed E-state index contributed by atoms with van der Waals surface area (Å²) in [6.45, 7) is 6.76. The Labute approximate surface area is 132 Å². The minimum Gasteiger partial charge on any atom is -0.108 e. The van der Waals surface area contributed by atoms with Crippen LogP contribution in [0.25, 0.3) is 0 Å². The average Bonchev–Trinajstić information content (AvgIpc) is 2.42. The van der Waals surface area contributed by atoms with E-state index in [0.29, 0.717) is 11.8 Å². The molecule has 1 aliphatic carbocycles. The molecule has 0 aliphatic heterocycles. The Kier molecular flexibility index (Phi) is 5.22. The third-order valence-electron chi connectivity index (χ3n) is 3.80. The largest absolute Gasteiger partial charge is 0.108 e. The highest BCUT2D eigenvalue weighted by Crippen LogP contribution is 2.38.